The van der Waals surface area contributed by atoms with Gasteiger partial charge in [-0.1, -0.05) is 0 Å². The van der Waals surface area contributed by atoms with E-state index in [1.54, 1.807) is 7.11 Å². The van der Waals surface area contributed by atoms with Crippen LogP contribution >= 0.6 is 0 Å². The Hall–Kier alpha value is -0.770. The molecule has 4 heteroatoms. The van der Waals surface area contributed by atoms with E-state index in [-0.39, 0.29) is 0 Å². The van der Waals surface area contributed by atoms with Crippen LogP contribution in [0.5, 0.6) is 0 Å². The number of rotatable bonds is 2. The lowest BCUT2D eigenvalue weighted by molar-refractivity contribution is 0.0282. The number of hydrogen-bond acceptors (Lipinski definition) is 2. The Morgan fingerprint density at radius 2 is 2.21 bits per heavy atom. The summed E-state index contributed by atoms with van der Waals surface area (Å²) in [7, 11) is 3.86. The van der Waals surface area contributed by atoms with Crippen LogP contribution in [0.15, 0.2) is 4.99 Å². The lowest BCUT2D eigenvalue weighted by Crippen LogP contribution is -2.37. The molecule has 0 aromatic carbocycles. The quantitative estimate of drug-likeness (QED) is 0.698. The fourth-order valence-electron chi connectivity index (χ4n) is 2.02. The molecule has 1 saturated heterocycles. The molecule has 0 amide bonds. The van der Waals surface area contributed by atoms with Crippen molar-refractivity contribution in [1.82, 2.24) is 10.2 Å². The molecular weight excluding hydrogens is 178 g/mol. The summed E-state index contributed by atoms with van der Waals surface area (Å²) in [5, 5.41) is 3.37. The lowest BCUT2D eigenvalue weighted by Gasteiger charge is -2.31. The van der Waals surface area contributed by atoms with E-state index >= 15 is 0 Å². The number of likely N-dealkylation sites (N-methyl/N-ethyl adjacent to an activating group) is 1. The average Bonchev–Trinajstić information content (AvgIpc) is 2.37. The van der Waals surface area contributed by atoms with Gasteiger partial charge in [-0.05, 0) is 19.8 Å². The maximum absolute atomic E-state index is 5.23. The monoisotopic (exact) mass is 197 g/mol. The van der Waals surface area contributed by atoms with Crippen molar-refractivity contribution >= 4 is 5.96 Å². The maximum atomic E-state index is 5.23. The molecule has 0 aromatic rings. The molecule has 80 valence electrons. The number of nitrogens with one attached hydrogen (secondary N) is 1. The molecule has 1 aliphatic carbocycles. The zero-order valence-electron chi connectivity index (χ0n) is 9.16. The molecule has 14 heavy (non-hydrogen) atoms. The summed E-state index contributed by atoms with van der Waals surface area (Å²) in [6.07, 6.45) is 2.59. The highest BCUT2D eigenvalue weighted by Gasteiger charge is 2.30. The van der Waals surface area contributed by atoms with Crippen molar-refractivity contribution in [2.75, 3.05) is 20.7 Å². The molecule has 0 bridgehead atoms. The third kappa shape index (κ3) is 1.85. The molecule has 4 nitrogen and oxygen atoms in total. The molecule has 0 radical (unpaired) electrons. The molecule has 2 rings (SSSR count). The van der Waals surface area contributed by atoms with Gasteiger partial charge in [0.25, 0.3) is 0 Å². The second kappa shape index (κ2) is 3.77. The normalized spacial score (nSPS) is 39.8. The van der Waals surface area contributed by atoms with Crippen LogP contribution in [0.3, 0.4) is 0 Å². The van der Waals surface area contributed by atoms with Gasteiger partial charge < -0.3 is 15.0 Å². The van der Waals surface area contributed by atoms with Crippen LogP contribution in [0.25, 0.3) is 0 Å². The molecular formula is C10H19N3O. The van der Waals surface area contributed by atoms with Crippen LogP contribution in [0, 0.1) is 0 Å². The van der Waals surface area contributed by atoms with Gasteiger partial charge >= 0.3 is 0 Å². The van der Waals surface area contributed by atoms with Crippen molar-refractivity contribution in [3.8, 4) is 0 Å². The van der Waals surface area contributed by atoms with Crippen LogP contribution in [0.4, 0.5) is 0 Å². The first-order valence-electron chi connectivity index (χ1n) is 5.27. The van der Waals surface area contributed by atoms with Crippen molar-refractivity contribution in [2.45, 2.75) is 38.0 Å². The number of ether oxygens (including phenoxy) is 1. The summed E-state index contributed by atoms with van der Waals surface area (Å²) >= 11 is 0. The molecule has 1 unspecified atom stereocenters. The van der Waals surface area contributed by atoms with Crippen molar-refractivity contribution in [2.24, 2.45) is 4.99 Å². The zero-order chi connectivity index (χ0) is 10.1. The van der Waals surface area contributed by atoms with E-state index in [1.165, 1.54) is 0 Å². The molecule has 1 aliphatic heterocycles. The fraction of sp³-hybridized carbons (Fsp3) is 0.900. The van der Waals surface area contributed by atoms with Gasteiger partial charge in [0.15, 0.2) is 5.96 Å². The Balaban J connectivity index is 1.87. The van der Waals surface area contributed by atoms with Crippen molar-refractivity contribution in [1.29, 1.82) is 0 Å². The van der Waals surface area contributed by atoms with Crippen LogP contribution < -0.4 is 5.32 Å². The van der Waals surface area contributed by atoms with Crippen LogP contribution in [0.1, 0.15) is 19.8 Å². The minimum atomic E-state index is 0.438. The number of hydrogen-bond donors (Lipinski definition) is 1. The molecule has 2 aliphatic rings. The van der Waals surface area contributed by atoms with Gasteiger partial charge in [-0.15, -0.1) is 0 Å². The molecule has 2 fully saturated rings. The first-order chi connectivity index (χ1) is 6.69. The third-order valence-corrected chi connectivity index (χ3v) is 2.99. The van der Waals surface area contributed by atoms with Crippen molar-refractivity contribution in [3.05, 3.63) is 0 Å². The number of methoxy groups -OCH3 is 1. The number of guanidine groups is 1. The van der Waals surface area contributed by atoms with Gasteiger partial charge in [0.05, 0.1) is 12.1 Å². The molecule has 1 heterocycles. The first kappa shape index (κ1) is 9.77. The second-order valence-corrected chi connectivity index (χ2v) is 4.36. The van der Waals surface area contributed by atoms with Crippen LogP contribution in [0.2, 0.25) is 0 Å². The highest BCUT2D eigenvalue weighted by atomic mass is 16.5. The second-order valence-electron chi connectivity index (χ2n) is 4.36. The first-order valence-corrected chi connectivity index (χ1v) is 5.27. The standard InChI is InChI=1S/C10H19N3O/c1-7-6-13(2)10(11-7)12-8-4-9(5-8)14-3/h7-9H,4-6H2,1-3H3,(H,11,12). The highest BCUT2D eigenvalue weighted by Crippen LogP contribution is 2.26. The van der Waals surface area contributed by atoms with E-state index in [1.807, 2.05) is 0 Å². The topological polar surface area (TPSA) is 36.9 Å². The van der Waals surface area contributed by atoms with Crippen LogP contribution in [-0.4, -0.2) is 49.7 Å². The number of aliphatic imine (C=N–C) groups is 1. The lowest BCUT2D eigenvalue weighted by atomic mass is 9.90. The van der Waals surface area contributed by atoms with E-state index in [9.17, 15) is 0 Å². The predicted molar refractivity (Wildman–Crippen MR) is 56.5 cm³/mol. The Kier molecular flexibility index (Phi) is 2.63. The molecule has 1 saturated carbocycles. The minimum Gasteiger partial charge on any atom is -0.381 e. The molecule has 0 aromatic heterocycles. The van der Waals surface area contributed by atoms with Gasteiger partial charge in [-0.2, -0.15) is 0 Å². The van der Waals surface area contributed by atoms with E-state index in [2.05, 4.69) is 29.2 Å². The minimum absolute atomic E-state index is 0.438. The highest BCUT2D eigenvalue weighted by molar-refractivity contribution is 5.82. The van der Waals surface area contributed by atoms with Gasteiger partial charge in [0.1, 0.15) is 0 Å². The smallest absolute Gasteiger partial charge is 0.194 e. The summed E-state index contributed by atoms with van der Waals surface area (Å²) in [5.41, 5.74) is 0. The summed E-state index contributed by atoms with van der Waals surface area (Å²) in [6.45, 7) is 3.23. The SMILES string of the molecule is COC1CC(N=C2NC(C)CN2C)C1. The fourth-order valence-corrected chi connectivity index (χ4v) is 2.02. The van der Waals surface area contributed by atoms with E-state index in [0.29, 0.717) is 18.2 Å². The van der Waals surface area contributed by atoms with E-state index in [4.69, 9.17) is 4.74 Å². The van der Waals surface area contributed by atoms with E-state index in [0.717, 1.165) is 25.3 Å². The summed E-state index contributed by atoms with van der Waals surface area (Å²) in [6, 6.07) is 0.993. The van der Waals surface area contributed by atoms with Gasteiger partial charge in [0.2, 0.25) is 0 Å². The van der Waals surface area contributed by atoms with Gasteiger partial charge in [0, 0.05) is 26.7 Å². The van der Waals surface area contributed by atoms with Gasteiger partial charge in [-0.25, -0.2) is 4.99 Å². The third-order valence-electron chi connectivity index (χ3n) is 2.99. The Morgan fingerprint density at radius 1 is 1.50 bits per heavy atom. The Bertz CT molecular complexity index is 236. The Morgan fingerprint density at radius 3 is 2.71 bits per heavy atom. The largest absolute Gasteiger partial charge is 0.381 e. The summed E-state index contributed by atoms with van der Waals surface area (Å²) in [4.78, 5) is 6.85. The molecule has 0 spiro atoms. The summed E-state index contributed by atoms with van der Waals surface area (Å²) in [5.74, 6) is 1.05. The zero-order valence-corrected chi connectivity index (χ0v) is 9.16. The average molecular weight is 197 g/mol. The van der Waals surface area contributed by atoms with Crippen molar-refractivity contribution < 1.29 is 4.74 Å². The Labute approximate surface area is 85.3 Å². The maximum Gasteiger partial charge on any atom is 0.194 e. The van der Waals surface area contributed by atoms with Crippen LogP contribution in [-0.2, 0) is 4.74 Å². The summed E-state index contributed by atoms with van der Waals surface area (Å²) < 4.78 is 5.23. The van der Waals surface area contributed by atoms with E-state index < -0.39 is 0 Å². The molecule has 1 N–H and O–H groups in total. The number of nitrogens with zero attached hydrogens (tertiary/aromatic N) is 2. The predicted octanol–water partition coefficient (Wildman–Crippen LogP) is 0.443. The van der Waals surface area contributed by atoms with Crippen molar-refractivity contribution in [3.63, 3.8) is 0 Å². The van der Waals surface area contributed by atoms with Gasteiger partial charge in [-0.3, -0.25) is 0 Å². The molecule has 1 atom stereocenters.